The molecule has 0 bridgehead atoms. The minimum atomic E-state index is -0.991. The van der Waals surface area contributed by atoms with E-state index in [9.17, 15) is 9.59 Å². The molecule has 2 rings (SSSR count). The number of carboxylic acid groups (broad SMARTS) is 1. The number of aliphatic carboxylic acids is 1. The van der Waals surface area contributed by atoms with Crippen LogP contribution in [0, 0.1) is 0 Å². The molecule has 1 aliphatic rings. The highest BCUT2D eigenvalue weighted by molar-refractivity contribution is 7.99. The van der Waals surface area contributed by atoms with Crippen LogP contribution in [-0.2, 0) is 4.79 Å². The van der Waals surface area contributed by atoms with Gasteiger partial charge in [0.25, 0.3) is 0 Å². The van der Waals surface area contributed by atoms with E-state index in [2.05, 4.69) is 15.3 Å². The summed E-state index contributed by atoms with van der Waals surface area (Å²) in [7, 11) is 0. The van der Waals surface area contributed by atoms with E-state index < -0.39 is 18.0 Å². The predicted octanol–water partition coefficient (Wildman–Crippen LogP) is 0.468. The first-order chi connectivity index (χ1) is 8.18. The topological polar surface area (TPSA) is 95.4 Å². The minimum absolute atomic E-state index is 0.372. The number of urea groups is 1. The fraction of sp³-hybridized carbons (Fsp3) is 0.333. The third kappa shape index (κ3) is 2.64. The second-order valence-corrected chi connectivity index (χ2v) is 4.38. The van der Waals surface area contributed by atoms with Gasteiger partial charge in [-0.05, 0) is 0 Å². The SMILES string of the molecule is O=C(O)[C@@H]1CSCN1C(=O)Nc1cncnc1. The van der Waals surface area contributed by atoms with Gasteiger partial charge in [0, 0.05) is 5.75 Å². The fourth-order valence-corrected chi connectivity index (χ4v) is 2.55. The Morgan fingerprint density at radius 3 is 2.82 bits per heavy atom. The summed E-state index contributed by atoms with van der Waals surface area (Å²) >= 11 is 1.41. The molecule has 2 amide bonds. The van der Waals surface area contributed by atoms with Gasteiger partial charge in [0.1, 0.15) is 12.4 Å². The Bertz CT molecular complexity index is 428. The number of amides is 2. The lowest BCUT2D eigenvalue weighted by Crippen LogP contribution is -2.43. The largest absolute Gasteiger partial charge is 0.480 e. The highest BCUT2D eigenvalue weighted by atomic mass is 32.2. The average Bonchev–Trinajstić information content (AvgIpc) is 2.79. The van der Waals surface area contributed by atoms with Crippen molar-refractivity contribution in [3.63, 3.8) is 0 Å². The summed E-state index contributed by atoms with van der Waals surface area (Å²) in [5.41, 5.74) is 0.443. The summed E-state index contributed by atoms with van der Waals surface area (Å²) in [5.74, 6) is -0.209. The van der Waals surface area contributed by atoms with E-state index in [1.807, 2.05) is 0 Å². The highest BCUT2D eigenvalue weighted by Gasteiger charge is 2.34. The van der Waals surface area contributed by atoms with Gasteiger partial charge in [-0.25, -0.2) is 19.6 Å². The van der Waals surface area contributed by atoms with E-state index in [0.29, 0.717) is 17.3 Å². The molecule has 17 heavy (non-hydrogen) atoms. The molecular formula is C9H10N4O3S. The molecule has 0 aliphatic carbocycles. The molecular weight excluding hydrogens is 244 g/mol. The van der Waals surface area contributed by atoms with Gasteiger partial charge in [-0.1, -0.05) is 0 Å². The normalized spacial score (nSPS) is 19.1. The Labute approximate surface area is 101 Å². The van der Waals surface area contributed by atoms with Crippen LogP contribution in [0.4, 0.5) is 10.5 Å². The molecule has 0 aromatic carbocycles. The number of nitrogens with zero attached hydrogens (tertiary/aromatic N) is 3. The van der Waals surface area contributed by atoms with Crippen molar-refractivity contribution in [2.75, 3.05) is 16.9 Å². The van der Waals surface area contributed by atoms with Gasteiger partial charge in [0.2, 0.25) is 0 Å². The van der Waals surface area contributed by atoms with Crippen molar-refractivity contribution in [3.8, 4) is 0 Å². The van der Waals surface area contributed by atoms with Crippen molar-refractivity contribution in [1.29, 1.82) is 0 Å². The third-order valence-corrected chi connectivity index (χ3v) is 3.25. The van der Waals surface area contributed by atoms with Crippen molar-refractivity contribution < 1.29 is 14.7 Å². The highest BCUT2D eigenvalue weighted by Crippen LogP contribution is 2.21. The lowest BCUT2D eigenvalue weighted by atomic mass is 10.3. The van der Waals surface area contributed by atoms with Crippen molar-refractivity contribution in [1.82, 2.24) is 14.9 Å². The Kier molecular flexibility index (Phi) is 3.43. The molecule has 0 unspecified atom stereocenters. The molecule has 8 heteroatoms. The molecule has 1 atom stereocenters. The minimum Gasteiger partial charge on any atom is -0.480 e. The van der Waals surface area contributed by atoms with Crippen LogP contribution in [0.1, 0.15) is 0 Å². The van der Waals surface area contributed by atoms with Crippen molar-refractivity contribution in [3.05, 3.63) is 18.7 Å². The van der Waals surface area contributed by atoms with Crippen molar-refractivity contribution in [2.24, 2.45) is 0 Å². The number of hydrogen-bond acceptors (Lipinski definition) is 5. The van der Waals surface area contributed by atoms with Crippen LogP contribution in [0.2, 0.25) is 0 Å². The molecule has 1 aromatic heterocycles. The number of anilines is 1. The Morgan fingerprint density at radius 2 is 2.18 bits per heavy atom. The standard InChI is InChI=1S/C9H10N4O3S/c14-8(15)7-3-17-5-13(7)9(16)12-6-1-10-4-11-2-6/h1-2,4,7H,3,5H2,(H,12,16)(H,14,15)/t7-/m0/s1. The van der Waals surface area contributed by atoms with E-state index in [4.69, 9.17) is 5.11 Å². The second-order valence-electron chi connectivity index (χ2n) is 3.38. The zero-order chi connectivity index (χ0) is 12.3. The van der Waals surface area contributed by atoms with Crippen LogP contribution >= 0.6 is 11.8 Å². The first kappa shape index (κ1) is 11.6. The maximum atomic E-state index is 11.8. The van der Waals surface area contributed by atoms with Gasteiger partial charge in [-0.15, -0.1) is 11.8 Å². The molecule has 1 aliphatic heterocycles. The third-order valence-electron chi connectivity index (χ3n) is 2.24. The molecule has 1 fully saturated rings. The van der Waals surface area contributed by atoms with E-state index in [1.54, 1.807) is 0 Å². The zero-order valence-corrected chi connectivity index (χ0v) is 9.55. The summed E-state index contributed by atoms with van der Waals surface area (Å²) in [6, 6.07) is -1.22. The second kappa shape index (κ2) is 5.00. The Hall–Kier alpha value is -1.83. The summed E-state index contributed by atoms with van der Waals surface area (Å²) in [6.07, 6.45) is 4.25. The number of rotatable bonds is 2. The van der Waals surface area contributed by atoms with Crippen LogP contribution in [0.25, 0.3) is 0 Å². The van der Waals surface area contributed by atoms with E-state index in [0.717, 1.165) is 0 Å². The molecule has 1 aromatic rings. The Balaban J connectivity index is 2.03. The van der Waals surface area contributed by atoms with Crippen LogP contribution < -0.4 is 5.32 Å². The average molecular weight is 254 g/mol. The van der Waals surface area contributed by atoms with E-state index in [-0.39, 0.29) is 0 Å². The number of carbonyl (C=O) groups excluding carboxylic acids is 1. The zero-order valence-electron chi connectivity index (χ0n) is 8.74. The Morgan fingerprint density at radius 1 is 1.47 bits per heavy atom. The molecule has 0 saturated carbocycles. The first-order valence-electron chi connectivity index (χ1n) is 4.81. The van der Waals surface area contributed by atoms with Gasteiger partial charge in [0.05, 0.1) is 24.0 Å². The van der Waals surface area contributed by atoms with Crippen molar-refractivity contribution >= 4 is 29.4 Å². The first-order valence-corrected chi connectivity index (χ1v) is 5.97. The van der Waals surface area contributed by atoms with Gasteiger partial charge >= 0.3 is 12.0 Å². The van der Waals surface area contributed by atoms with Crippen LogP contribution in [0.5, 0.6) is 0 Å². The number of nitrogens with one attached hydrogen (secondary N) is 1. The fourth-order valence-electron chi connectivity index (χ4n) is 1.41. The molecule has 2 N–H and O–H groups in total. The maximum absolute atomic E-state index is 11.8. The predicted molar refractivity (Wildman–Crippen MR) is 61.6 cm³/mol. The van der Waals surface area contributed by atoms with E-state index >= 15 is 0 Å². The number of thioether (sulfide) groups is 1. The molecule has 0 radical (unpaired) electrons. The lowest BCUT2D eigenvalue weighted by Gasteiger charge is -2.20. The quantitative estimate of drug-likeness (QED) is 0.796. The van der Waals surface area contributed by atoms with Gasteiger partial charge in [0.15, 0.2) is 0 Å². The van der Waals surface area contributed by atoms with Gasteiger partial charge in [-0.2, -0.15) is 0 Å². The molecule has 2 heterocycles. The van der Waals surface area contributed by atoms with Crippen LogP contribution in [-0.4, -0.2) is 49.6 Å². The monoisotopic (exact) mass is 254 g/mol. The summed E-state index contributed by atoms with van der Waals surface area (Å²) < 4.78 is 0. The number of hydrogen-bond donors (Lipinski definition) is 2. The van der Waals surface area contributed by atoms with Crippen LogP contribution in [0.15, 0.2) is 18.7 Å². The smallest absolute Gasteiger partial charge is 0.327 e. The van der Waals surface area contributed by atoms with Crippen LogP contribution in [0.3, 0.4) is 0 Å². The lowest BCUT2D eigenvalue weighted by molar-refractivity contribution is -0.140. The molecule has 90 valence electrons. The number of carboxylic acids is 1. The van der Waals surface area contributed by atoms with E-state index in [1.165, 1.54) is 35.4 Å². The molecule has 0 spiro atoms. The summed E-state index contributed by atoms with van der Waals surface area (Å²) in [6.45, 7) is 0. The maximum Gasteiger partial charge on any atom is 0.327 e. The molecule has 1 saturated heterocycles. The summed E-state index contributed by atoms with van der Waals surface area (Å²) in [5, 5.41) is 11.5. The molecule has 7 nitrogen and oxygen atoms in total. The number of carbonyl (C=O) groups is 2. The summed E-state index contributed by atoms with van der Waals surface area (Å²) in [4.78, 5) is 31.5. The van der Waals surface area contributed by atoms with Gasteiger partial charge < -0.3 is 15.3 Å². The number of aromatic nitrogens is 2. The van der Waals surface area contributed by atoms with Crippen molar-refractivity contribution in [2.45, 2.75) is 6.04 Å². The van der Waals surface area contributed by atoms with Gasteiger partial charge in [-0.3, -0.25) is 0 Å².